The van der Waals surface area contributed by atoms with Gasteiger partial charge in [-0.2, -0.15) is 0 Å². The molecular weight excluding hydrogens is 450 g/mol. The van der Waals surface area contributed by atoms with Crippen molar-refractivity contribution in [1.82, 2.24) is 5.32 Å². The largest absolute Gasteiger partial charge is 0.497 e. The highest BCUT2D eigenvalue weighted by molar-refractivity contribution is 6.14. The van der Waals surface area contributed by atoms with Gasteiger partial charge in [0.1, 0.15) is 23.3 Å². The zero-order chi connectivity index (χ0) is 24.8. The first-order chi connectivity index (χ1) is 16.9. The standard InChI is InChI=1S/C27H23NO7/c1-33-19-9-7-18(8-10-19)14-24-26(30)21-12-11-20(15-23(21)35-24)34-16-25(29)28-22(27(31)32)13-17-5-3-2-4-6-17/h2-12,14-15,22H,13,16H2,1H3,(H,28,29)(H,31,32)/t22-/m0/s1. The van der Waals surface area contributed by atoms with E-state index in [0.29, 0.717) is 22.8 Å². The number of allylic oxidation sites excluding steroid dienone is 1. The Morgan fingerprint density at radius 1 is 1.03 bits per heavy atom. The maximum atomic E-state index is 12.7. The Bertz CT molecular complexity index is 1270. The van der Waals surface area contributed by atoms with Crippen molar-refractivity contribution in [2.45, 2.75) is 12.5 Å². The van der Waals surface area contributed by atoms with E-state index in [9.17, 15) is 19.5 Å². The van der Waals surface area contributed by atoms with E-state index in [0.717, 1.165) is 11.1 Å². The van der Waals surface area contributed by atoms with Crippen molar-refractivity contribution in [1.29, 1.82) is 0 Å². The molecule has 8 nitrogen and oxygen atoms in total. The minimum atomic E-state index is -1.14. The number of ether oxygens (including phenoxy) is 3. The lowest BCUT2D eigenvalue weighted by Gasteiger charge is -2.15. The number of methoxy groups -OCH3 is 1. The molecule has 0 spiro atoms. The molecule has 0 aliphatic carbocycles. The summed E-state index contributed by atoms with van der Waals surface area (Å²) in [7, 11) is 1.58. The van der Waals surface area contributed by atoms with Crippen LogP contribution in [0.25, 0.3) is 6.08 Å². The summed E-state index contributed by atoms with van der Waals surface area (Å²) in [6.07, 6.45) is 1.79. The average Bonchev–Trinajstić information content (AvgIpc) is 3.17. The summed E-state index contributed by atoms with van der Waals surface area (Å²) in [6.45, 7) is -0.389. The Kier molecular flexibility index (Phi) is 7.11. The third-order valence-electron chi connectivity index (χ3n) is 5.34. The number of carbonyl (C=O) groups excluding carboxylic acids is 2. The number of benzene rings is 3. The van der Waals surface area contributed by atoms with Crippen molar-refractivity contribution in [3.05, 3.63) is 95.2 Å². The second-order valence-corrected chi connectivity index (χ2v) is 7.81. The van der Waals surface area contributed by atoms with E-state index in [1.165, 1.54) is 6.07 Å². The molecule has 8 heteroatoms. The molecule has 1 atom stereocenters. The number of hydrogen-bond acceptors (Lipinski definition) is 6. The molecule has 3 aromatic rings. The van der Waals surface area contributed by atoms with Crippen LogP contribution in [-0.4, -0.2) is 42.5 Å². The van der Waals surface area contributed by atoms with Crippen LogP contribution < -0.4 is 19.5 Å². The SMILES string of the molecule is COc1ccc(C=C2Oc3cc(OCC(=O)N[C@@H](Cc4ccccc4)C(=O)O)ccc3C2=O)cc1. The first-order valence-electron chi connectivity index (χ1n) is 10.8. The van der Waals surface area contributed by atoms with Crippen LogP contribution in [0.1, 0.15) is 21.5 Å². The Morgan fingerprint density at radius 3 is 2.43 bits per heavy atom. The summed E-state index contributed by atoms with van der Waals surface area (Å²) in [5, 5.41) is 11.9. The van der Waals surface area contributed by atoms with E-state index in [4.69, 9.17) is 14.2 Å². The maximum absolute atomic E-state index is 12.7. The molecule has 0 saturated heterocycles. The molecule has 178 valence electrons. The van der Waals surface area contributed by atoms with Gasteiger partial charge < -0.3 is 24.6 Å². The van der Waals surface area contributed by atoms with Gasteiger partial charge in [-0.3, -0.25) is 9.59 Å². The fraction of sp³-hybridized carbons (Fsp3) is 0.148. The van der Waals surface area contributed by atoms with Crippen molar-refractivity contribution in [2.24, 2.45) is 0 Å². The number of Topliss-reactive ketones (excluding diaryl/α,β-unsaturated/α-hetero) is 1. The molecule has 0 aromatic heterocycles. The van der Waals surface area contributed by atoms with E-state index >= 15 is 0 Å². The van der Waals surface area contributed by atoms with E-state index in [-0.39, 0.29) is 24.6 Å². The lowest BCUT2D eigenvalue weighted by atomic mass is 10.1. The predicted octanol–water partition coefficient (Wildman–Crippen LogP) is 3.50. The van der Waals surface area contributed by atoms with E-state index in [1.54, 1.807) is 73.8 Å². The number of carbonyl (C=O) groups is 3. The molecule has 0 radical (unpaired) electrons. The number of ketones is 1. The van der Waals surface area contributed by atoms with Crippen molar-refractivity contribution in [3.63, 3.8) is 0 Å². The van der Waals surface area contributed by atoms with E-state index in [1.807, 2.05) is 6.07 Å². The third-order valence-corrected chi connectivity index (χ3v) is 5.34. The van der Waals surface area contributed by atoms with E-state index in [2.05, 4.69) is 5.32 Å². The van der Waals surface area contributed by atoms with E-state index < -0.39 is 17.9 Å². The molecule has 1 aliphatic rings. The topological polar surface area (TPSA) is 111 Å². The van der Waals surface area contributed by atoms with Crippen molar-refractivity contribution >= 4 is 23.7 Å². The van der Waals surface area contributed by atoms with Gasteiger partial charge in [-0.1, -0.05) is 42.5 Å². The minimum absolute atomic E-state index is 0.153. The summed E-state index contributed by atoms with van der Waals surface area (Å²) in [4.78, 5) is 36.5. The van der Waals surface area contributed by atoms with Crippen LogP contribution >= 0.6 is 0 Å². The zero-order valence-corrected chi connectivity index (χ0v) is 18.9. The molecule has 4 rings (SSSR count). The number of hydrogen-bond donors (Lipinski definition) is 2. The maximum Gasteiger partial charge on any atom is 0.326 e. The van der Waals surface area contributed by atoms with Crippen LogP contribution in [0.5, 0.6) is 17.2 Å². The first-order valence-corrected chi connectivity index (χ1v) is 10.8. The highest BCUT2D eigenvalue weighted by atomic mass is 16.5. The average molecular weight is 473 g/mol. The van der Waals surface area contributed by atoms with Crippen LogP contribution in [0.4, 0.5) is 0 Å². The number of amides is 1. The summed E-state index contributed by atoms with van der Waals surface area (Å²) < 4.78 is 16.4. The molecule has 2 N–H and O–H groups in total. The van der Waals surface area contributed by atoms with Gasteiger partial charge >= 0.3 is 5.97 Å². The molecule has 0 fully saturated rings. The third kappa shape index (κ3) is 5.86. The Hall–Kier alpha value is -4.59. The molecule has 3 aromatic carbocycles. The molecule has 1 amide bonds. The molecule has 35 heavy (non-hydrogen) atoms. The van der Waals surface area contributed by atoms with Crippen LogP contribution in [0, 0.1) is 0 Å². The fourth-order valence-electron chi connectivity index (χ4n) is 3.54. The normalized spacial score (nSPS) is 14.1. The van der Waals surface area contributed by atoms with Gasteiger partial charge in [0.15, 0.2) is 12.4 Å². The Labute approximate surface area is 201 Å². The Morgan fingerprint density at radius 2 is 1.74 bits per heavy atom. The smallest absolute Gasteiger partial charge is 0.326 e. The molecule has 0 unspecified atom stereocenters. The van der Waals surface area contributed by atoms with Crippen molar-refractivity contribution in [3.8, 4) is 17.2 Å². The number of fused-ring (bicyclic) bond motifs is 1. The number of aliphatic carboxylic acids is 1. The summed E-state index contributed by atoms with van der Waals surface area (Å²) in [5.74, 6) is -0.466. The van der Waals surface area contributed by atoms with Crippen molar-refractivity contribution in [2.75, 3.05) is 13.7 Å². The second kappa shape index (κ2) is 10.6. The molecular formula is C27H23NO7. The van der Waals surface area contributed by atoms with Gasteiger partial charge in [-0.25, -0.2) is 4.79 Å². The monoisotopic (exact) mass is 473 g/mol. The summed E-state index contributed by atoms with van der Waals surface area (Å²) >= 11 is 0. The first kappa shape index (κ1) is 23.6. The minimum Gasteiger partial charge on any atom is -0.497 e. The van der Waals surface area contributed by atoms with Crippen LogP contribution in [-0.2, 0) is 16.0 Å². The van der Waals surface area contributed by atoms with Gasteiger partial charge in [-0.15, -0.1) is 0 Å². The number of rotatable bonds is 9. The molecule has 1 heterocycles. The molecule has 1 aliphatic heterocycles. The highest BCUT2D eigenvalue weighted by Gasteiger charge is 2.28. The number of carboxylic acids is 1. The predicted molar refractivity (Wildman–Crippen MR) is 128 cm³/mol. The van der Waals surface area contributed by atoms with Gasteiger partial charge in [0, 0.05) is 12.5 Å². The molecule has 0 saturated carbocycles. The summed E-state index contributed by atoms with van der Waals surface area (Å²) in [6, 6.07) is 19.8. The lowest BCUT2D eigenvalue weighted by molar-refractivity contribution is -0.142. The molecule has 0 bridgehead atoms. The quantitative estimate of drug-likeness (QED) is 0.458. The van der Waals surface area contributed by atoms with Crippen molar-refractivity contribution < 1.29 is 33.7 Å². The van der Waals surface area contributed by atoms with Gasteiger partial charge in [0.25, 0.3) is 5.91 Å². The second-order valence-electron chi connectivity index (χ2n) is 7.81. The van der Waals surface area contributed by atoms with Gasteiger partial charge in [0.05, 0.1) is 12.7 Å². The van der Waals surface area contributed by atoms with Crippen LogP contribution in [0.15, 0.2) is 78.6 Å². The number of nitrogens with one attached hydrogen (secondary N) is 1. The van der Waals surface area contributed by atoms with Gasteiger partial charge in [0.2, 0.25) is 5.78 Å². The summed E-state index contributed by atoms with van der Waals surface area (Å²) in [5.41, 5.74) is 1.95. The zero-order valence-electron chi connectivity index (χ0n) is 18.9. The lowest BCUT2D eigenvalue weighted by Crippen LogP contribution is -2.44. The van der Waals surface area contributed by atoms with Gasteiger partial charge in [-0.05, 0) is 41.5 Å². The number of carboxylic acid groups (broad SMARTS) is 1. The van der Waals surface area contributed by atoms with Crippen LogP contribution in [0.3, 0.4) is 0 Å². The van der Waals surface area contributed by atoms with Crippen LogP contribution in [0.2, 0.25) is 0 Å². The Balaban J connectivity index is 1.36. The highest BCUT2D eigenvalue weighted by Crippen LogP contribution is 2.35. The fourth-order valence-corrected chi connectivity index (χ4v) is 3.54.